The quantitative estimate of drug-likeness (QED) is 0.329. The van der Waals surface area contributed by atoms with Crippen LogP contribution in [0.25, 0.3) is 20.4 Å². The number of aromatic nitrogens is 2. The molecule has 3 aromatic carbocycles. The molecule has 2 heterocycles. The van der Waals surface area contributed by atoms with Gasteiger partial charge in [-0.3, -0.25) is 0 Å². The number of aliphatic imine (C=N–C) groups is 2. The summed E-state index contributed by atoms with van der Waals surface area (Å²) < 4.78 is 2.16. The highest BCUT2D eigenvalue weighted by atomic mass is 32.1. The van der Waals surface area contributed by atoms with Crippen LogP contribution in [-0.2, 0) is 0 Å². The standard InChI is InChI=1S/C22H14N4S2/c1-3-7-15(8-4-1)13-23-21-25-17-11-20-18(12-19(17)27-21)26-22(28-20)24-14-16-9-5-2-6-10-16/h1-14H/b23-13+,24-14+. The van der Waals surface area contributed by atoms with E-state index in [2.05, 4.69) is 32.1 Å². The largest absolute Gasteiger partial charge is 0.227 e. The molecule has 6 heteroatoms. The van der Waals surface area contributed by atoms with E-state index in [1.165, 1.54) is 0 Å². The molecular weight excluding hydrogens is 384 g/mol. The molecule has 0 unspecified atom stereocenters. The highest BCUT2D eigenvalue weighted by Crippen LogP contribution is 2.35. The number of hydrogen-bond donors (Lipinski definition) is 0. The molecule has 2 aromatic heterocycles. The maximum absolute atomic E-state index is 4.64. The Labute approximate surface area is 169 Å². The lowest BCUT2D eigenvalue weighted by molar-refractivity contribution is 1.41. The fourth-order valence-corrected chi connectivity index (χ4v) is 4.42. The molecule has 0 spiro atoms. The van der Waals surface area contributed by atoms with Crippen molar-refractivity contribution in [2.45, 2.75) is 0 Å². The van der Waals surface area contributed by atoms with Crippen LogP contribution in [0, 0.1) is 0 Å². The maximum atomic E-state index is 4.64. The Kier molecular flexibility index (Phi) is 4.48. The van der Waals surface area contributed by atoms with Crippen LogP contribution in [0.4, 0.5) is 10.3 Å². The molecule has 0 radical (unpaired) electrons. The van der Waals surface area contributed by atoms with Crippen LogP contribution in [0.3, 0.4) is 0 Å². The Bertz CT molecular complexity index is 1150. The molecule has 0 atom stereocenters. The molecule has 4 nitrogen and oxygen atoms in total. The molecule has 5 rings (SSSR count). The lowest BCUT2D eigenvalue weighted by Crippen LogP contribution is -1.77. The summed E-state index contributed by atoms with van der Waals surface area (Å²) in [7, 11) is 0. The zero-order valence-electron chi connectivity index (χ0n) is 14.7. The van der Waals surface area contributed by atoms with Gasteiger partial charge in [-0.2, -0.15) is 0 Å². The SMILES string of the molecule is C(=N\c1nc2cc3sc(/N=C/c4ccccc4)nc3cc2s1)/c1ccccc1. The van der Waals surface area contributed by atoms with E-state index in [1.54, 1.807) is 22.7 Å². The Hall–Kier alpha value is -3.22. The van der Waals surface area contributed by atoms with Crippen molar-refractivity contribution in [3.05, 3.63) is 83.9 Å². The minimum absolute atomic E-state index is 0.749. The van der Waals surface area contributed by atoms with Gasteiger partial charge in [0.1, 0.15) is 0 Å². The predicted molar refractivity (Wildman–Crippen MR) is 120 cm³/mol. The van der Waals surface area contributed by atoms with Gasteiger partial charge in [0, 0.05) is 12.4 Å². The van der Waals surface area contributed by atoms with Gasteiger partial charge in [0.25, 0.3) is 0 Å². The van der Waals surface area contributed by atoms with Gasteiger partial charge in [-0.15, -0.1) is 0 Å². The van der Waals surface area contributed by atoms with Gasteiger partial charge in [0.05, 0.1) is 20.4 Å². The van der Waals surface area contributed by atoms with Crippen molar-refractivity contribution in [1.82, 2.24) is 9.97 Å². The fraction of sp³-hybridized carbons (Fsp3) is 0. The van der Waals surface area contributed by atoms with E-state index < -0.39 is 0 Å². The predicted octanol–water partition coefficient (Wildman–Crippen LogP) is 6.41. The molecule has 28 heavy (non-hydrogen) atoms. The number of nitrogens with zero attached hydrogens (tertiary/aromatic N) is 4. The molecule has 0 N–H and O–H groups in total. The van der Waals surface area contributed by atoms with E-state index in [9.17, 15) is 0 Å². The first-order valence-electron chi connectivity index (χ1n) is 8.73. The lowest BCUT2D eigenvalue weighted by Gasteiger charge is -1.88. The Morgan fingerprint density at radius 1 is 0.607 bits per heavy atom. The molecule has 0 aliphatic rings. The van der Waals surface area contributed by atoms with Gasteiger partial charge in [-0.1, -0.05) is 83.3 Å². The summed E-state index contributed by atoms with van der Waals surface area (Å²) in [6.45, 7) is 0. The van der Waals surface area contributed by atoms with Gasteiger partial charge in [0.2, 0.25) is 10.3 Å². The summed E-state index contributed by atoms with van der Waals surface area (Å²) in [5.41, 5.74) is 4.01. The first-order valence-corrected chi connectivity index (χ1v) is 10.4. The van der Waals surface area contributed by atoms with Crippen molar-refractivity contribution in [2.75, 3.05) is 0 Å². The molecule has 0 fully saturated rings. The van der Waals surface area contributed by atoms with Crippen molar-refractivity contribution in [1.29, 1.82) is 0 Å². The summed E-state index contributed by atoms with van der Waals surface area (Å²) in [5, 5.41) is 1.50. The first kappa shape index (κ1) is 16.9. The number of rotatable bonds is 4. The van der Waals surface area contributed by atoms with Crippen LogP contribution in [0.2, 0.25) is 0 Å². The average Bonchev–Trinajstić information content (AvgIpc) is 3.32. The van der Waals surface area contributed by atoms with Crippen LogP contribution >= 0.6 is 22.7 Å². The van der Waals surface area contributed by atoms with Crippen molar-refractivity contribution in [3.63, 3.8) is 0 Å². The molecule has 0 saturated heterocycles. The minimum Gasteiger partial charge on any atom is -0.227 e. The second-order valence-corrected chi connectivity index (χ2v) is 8.14. The highest BCUT2D eigenvalue weighted by molar-refractivity contribution is 7.23. The van der Waals surface area contributed by atoms with E-state index in [0.717, 1.165) is 41.8 Å². The third-order valence-corrected chi connectivity index (χ3v) is 5.97. The van der Waals surface area contributed by atoms with Crippen molar-refractivity contribution in [2.24, 2.45) is 9.98 Å². The molecule has 0 bridgehead atoms. The Balaban J connectivity index is 1.44. The van der Waals surface area contributed by atoms with Gasteiger partial charge in [-0.25, -0.2) is 20.0 Å². The number of benzene rings is 3. The normalized spacial score (nSPS) is 12.0. The fourth-order valence-electron chi connectivity index (χ4n) is 2.77. The average molecular weight is 399 g/mol. The summed E-state index contributed by atoms with van der Waals surface area (Å²) in [6, 6.07) is 24.2. The van der Waals surface area contributed by atoms with Gasteiger partial charge in [0.15, 0.2) is 0 Å². The second kappa shape index (κ2) is 7.42. The van der Waals surface area contributed by atoms with Crippen molar-refractivity contribution in [3.8, 4) is 0 Å². The molecule has 5 aromatic rings. The van der Waals surface area contributed by atoms with E-state index in [4.69, 9.17) is 0 Å². The van der Waals surface area contributed by atoms with E-state index >= 15 is 0 Å². The van der Waals surface area contributed by atoms with Crippen LogP contribution in [0.1, 0.15) is 11.1 Å². The topological polar surface area (TPSA) is 50.5 Å². The van der Waals surface area contributed by atoms with Crippen LogP contribution < -0.4 is 0 Å². The molecular formula is C22H14N4S2. The van der Waals surface area contributed by atoms with Crippen molar-refractivity contribution >= 4 is 65.8 Å². The Morgan fingerprint density at radius 2 is 1.04 bits per heavy atom. The maximum Gasteiger partial charge on any atom is 0.210 e. The second-order valence-electron chi connectivity index (χ2n) is 6.12. The molecule has 0 aliphatic heterocycles. The molecule has 134 valence electrons. The van der Waals surface area contributed by atoms with Crippen LogP contribution in [0.15, 0.2) is 82.8 Å². The molecule has 0 saturated carbocycles. The van der Waals surface area contributed by atoms with E-state index in [-0.39, 0.29) is 0 Å². The number of hydrogen-bond acceptors (Lipinski definition) is 6. The summed E-state index contributed by atoms with van der Waals surface area (Å²) in [4.78, 5) is 18.3. The van der Waals surface area contributed by atoms with E-state index in [0.29, 0.717) is 0 Å². The lowest BCUT2D eigenvalue weighted by atomic mass is 10.2. The minimum atomic E-state index is 0.749. The van der Waals surface area contributed by atoms with Crippen LogP contribution in [-0.4, -0.2) is 22.4 Å². The van der Waals surface area contributed by atoms with Gasteiger partial charge >= 0.3 is 0 Å². The zero-order chi connectivity index (χ0) is 18.8. The van der Waals surface area contributed by atoms with Crippen molar-refractivity contribution < 1.29 is 0 Å². The zero-order valence-corrected chi connectivity index (χ0v) is 16.3. The third kappa shape index (κ3) is 3.60. The van der Waals surface area contributed by atoms with Crippen LogP contribution in [0.5, 0.6) is 0 Å². The number of thiazole rings is 2. The summed E-state index contributed by atoms with van der Waals surface area (Å²) >= 11 is 3.14. The molecule has 0 aliphatic carbocycles. The monoisotopic (exact) mass is 398 g/mol. The third-order valence-electron chi connectivity index (χ3n) is 4.12. The highest BCUT2D eigenvalue weighted by Gasteiger charge is 2.08. The molecule has 0 amide bonds. The summed E-state index contributed by atoms with van der Waals surface area (Å²) in [5.74, 6) is 0. The smallest absolute Gasteiger partial charge is 0.210 e. The summed E-state index contributed by atoms with van der Waals surface area (Å²) in [6.07, 6.45) is 3.68. The Morgan fingerprint density at radius 3 is 1.46 bits per heavy atom. The number of fused-ring (bicyclic) bond motifs is 2. The van der Waals surface area contributed by atoms with Gasteiger partial charge in [-0.05, 0) is 23.3 Å². The van der Waals surface area contributed by atoms with E-state index in [1.807, 2.05) is 73.1 Å². The first-order chi connectivity index (χ1) is 13.8. The van der Waals surface area contributed by atoms with Gasteiger partial charge < -0.3 is 0 Å².